The van der Waals surface area contributed by atoms with Gasteiger partial charge in [-0.3, -0.25) is 4.74 Å². The van der Waals surface area contributed by atoms with Gasteiger partial charge in [0.15, 0.2) is 0 Å². The van der Waals surface area contributed by atoms with Gasteiger partial charge in [0.25, 0.3) is 0 Å². The first-order valence-electron chi connectivity index (χ1n) is 3.30. The second-order valence-electron chi connectivity index (χ2n) is 2.56. The van der Waals surface area contributed by atoms with E-state index in [4.69, 9.17) is 0 Å². The van der Waals surface area contributed by atoms with Gasteiger partial charge in [0.2, 0.25) is 10.0 Å². The Hall–Kier alpha value is -0.340. The van der Waals surface area contributed by atoms with Crippen LogP contribution in [0.15, 0.2) is 0 Å². The van der Waals surface area contributed by atoms with Crippen LogP contribution < -0.4 is 5.14 Å². The summed E-state index contributed by atoms with van der Waals surface area (Å²) in [5.74, 6) is 0. The van der Waals surface area contributed by atoms with Crippen LogP contribution >= 0.6 is 0 Å². The van der Waals surface area contributed by atoms with Crippen molar-refractivity contribution in [3.05, 3.63) is 0 Å². The van der Waals surface area contributed by atoms with Gasteiger partial charge in [0.1, 0.15) is 0 Å². The molecule has 0 aromatic heterocycles. The molecule has 1 unspecified atom stereocenters. The van der Waals surface area contributed by atoms with Crippen molar-refractivity contribution in [1.82, 2.24) is 0 Å². The molecule has 2 atom stereocenters. The number of primary sulfonamides is 1. The van der Waals surface area contributed by atoms with Crippen LogP contribution in [0.1, 0.15) is 13.8 Å². The average Bonchev–Trinajstić information content (AvgIpc) is 1.79. The van der Waals surface area contributed by atoms with Gasteiger partial charge in [-0.05, 0) is 13.8 Å². The minimum atomic E-state index is -4.85. The second-order valence-corrected chi connectivity index (χ2v) is 4.48. The topological polar surface area (TPSA) is 69.4 Å². The van der Waals surface area contributed by atoms with Crippen molar-refractivity contribution < 1.29 is 26.3 Å². The first-order valence-corrected chi connectivity index (χ1v) is 4.91. The third-order valence-corrected chi connectivity index (χ3v) is 2.92. The summed E-state index contributed by atoms with van der Waals surface area (Å²) in [6.07, 6.45) is -6.37. The molecule has 0 aliphatic heterocycles. The van der Waals surface area contributed by atoms with Crippen LogP contribution in [0.4, 0.5) is 13.2 Å². The number of hydrogen-bond donors (Lipinski definition) is 1. The van der Waals surface area contributed by atoms with E-state index >= 15 is 0 Å². The van der Waals surface area contributed by atoms with E-state index in [2.05, 4.69) is 9.88 Å². The van der Waals surface area contributed by atoms with Crippen LogP contribution in [0.5, 0.6) is 0 Å². The third-order valence-electron chi connectivity index (χ3n) is 1.50. The van der Waals surface area contributed by atoms with E-state index < -0.39 is 27.7 Å². The summed E-state index contributed by atoms with van der Waals surface area (Å²) in [5.41, 5.74) is 0. The molecule has 0 fully saturated rings. The quantitative estimate of drug-likeness (QED) is 0.758. The lowest BCUT2D eigenvalue weighted by molar-refractivity contribution is -0.339. The van der Waals surface area contributed by atoms with Crippen LogP contribution in [0, 0.1) is 0 Å². The van der Waals surface area contributed by atoms with Crippen molar-refractivity contribution in [3.63, 3.8) is 0 Å². The summed E-state index contributed by atoms with van der Waals surface area (Å²) in [4.78, 5) is 0. The van der Waals surface area contributed by atoms with Gasteiger partial charge in [-0.25, -0.2) is 13.6 Å². The van der Waals surface area contributed by atoms with Crippen molar-refractivity contribution in [2.24, 2.45) is 5.14 Å². The van der Waals surface area contributed by atoms with E-state index in [0.29, 0.717) is 0 Å². The van der Waals surface area contributed by atoms with Crippen molar-refractivity contribution in [1.29, 1.82) is 0 Å². The van der Waals surface area contributed by atoms with Gasteiger partial charge in [0.05, 0.1) is 11.4 Å². The fourth-order valence-electron chi connectivity index (χ4n) is 0.574. The Morgan fingerprint density at radius 3 is 1.92 bits per heavy atom. The highest BCUT2D eigenvalue weighted by atomic mass is 32.2. The maximum absolute atomic E-state index is 11.6. The van der Waals surface area contributed by atoms with E-state index in [1.54, 1.807) is 0 Å². The van der Waals surface area contributed by atoms with E-state index in [9.17, 15) is 21.6 Å². The molecule has 0 aliphatic carbocycles. The van der Waals surface area contributed by atoms with Crippen molar-refractivity contribution >= 4 is 10.0 Å². The molecule has 0 bridgehead atoms. The lowest BCUT2D eigenvalue weighted by Gasteiger charge is -2.19. The lowest BCUT2D eigenvalue weighted by Crippen LogP contribution is -2.38. The molecule has 80 valence electrons. The lowest BCUT2D eigenvalue weighted by atomic mass is 10.3. The molecule has 0 radical (unpaired) electrons. The SMILES string of the molecule is CC([C@H](C)OC(F)(F)F)S(N)(=O)=O. The van der Waals surface area contributed by atoms with Gasteiger partial charge in [-0.1, -0.05) is 0 Å². The number of sulfonamides is 1. The molecule has 8 heteroatoms. The standard InChI is InChI=1S/C5H10F3NO3S/c1-3(12-5(6,7)8)4(2)13(9,10)11/h3-4H,1-2H3,(H2,9,10,11)/t3-,4?/m0/s1. The number of rotatable bonds is 3. The minimum Gasteiger partial charge on any atom is -0.287 e. The molecule has 2 N–H and O–H groups in total. The summed E-state index contributed by atoms with van der Waals surface area (Å²) in [7, 11) is -4.00. The molecule has 4 nitrogen and oxygen atoms in total. The number of ether oxygens (including phenoxy) is 1. The normalized spacial score (nSPS) is 18.3. The van der Waals surface area contributed by atoms with E-state index in [1.807, 2.05) is 0 Å². The zero-order chi connectivity index (χ0) is 10.9. The molecule has 0 aliphatic rings. The summed E-state index contributed by atoms with van der Waals surface area (Å²) in [5, 5.41) is 3.23. The predicted octanol–water partition coefficient (Wildman–Crippen LogP) is 0.588. The highest BCUT2D eigenvalue weighted by Gasteiger charge is 2.36. The molecule has 0 rings (SSSR count). The fraction of sp³-hybridized carbons (Fsp3) is 1.00. The average molecular weight is 221 g/mol. The van der Waals surface area contributed by atoms with Crippen LogP contribution in [0.2, 0.25) is 0 Å². The molecule has 0 aromatic carbocycles. The van der Waals surface area contributed by atoms with Crippen LogP contribution in [0.3, 0.4) is 0 Å². The van der Waals surface area contributed by atoms with Gasteiger partial charge in [0, 0.05) is 0 Å². The molecule has 0 saturated heterocycles. The number of nitrogens with two attached hydrogens (primary N) is 1. The summed E-state index contributed by atoms with van der Waals surface area (Å²) in [6, 6.07) is 0. The highest BCUT2D eigenvalue weighted by molar-refractivity contribution is 7.89. The minimum absolute atomic E-state index is 0.989. The Labute approximate surface area is 73.9 Å². The molecule has 13 heavy (non-hydrogen) atoms. The Morgan fingerprint density at radius 1 is 1.31 bits per heavy atom. The Balaban J connectivity index is 4.38. The first kappa shape index (κ1) is 12.7. The van der Waals surface area contributed by atoms with Crippen LogP contribution in [0.25, 0.3) is 0 Å². The molecular weight excluding hydrogens is 211 g/mol. The Morgan fingerprint density at radius 2 is 1.69 bits per heavy atom. The maximum atomic E-state index is 11.6. The number of alkyl halides is 3. The fourth-order valence-corrected chi connectivity index (χ4v) is 1.16. The van der Waals surface area contributed by atoms with E-state index in [1.165, 1.54) is 0 Å². The van der Waals surface area contributed by atoms with Crippen molar-refractivity contribution in [2.45, 2.75) is 31.6 Å². The Bertz CT molecular complexity index is 261. The van der Waals surface area contributed by atoms with Gasteiger partial charge >= 0.3 is 6.36 Å². The van der Waals surface area contributed by atoms with Crippen molar-refractivity contribution in [2.75, 3.05) is 0 Å². The van der Waals surface area contributed by atoms with E-state index in [-0.39, 0.29) is 0 Å². The summed E-state index contributed by atoms with van der Waals surface area (Å²) < 4.78 is 59.4. The molecule has 0 heterocycles. The zero-order valence-corrected chi connectivity index (χ0v) is 7.82. The molecule has 0 aromatic rings. The molecule has 0 spiro atoms. The smallest absolute Gasteiger partial charge is 0.287 e. The van der Waals surface area contributed by atoms with Gasteiger partial charge in [-0.15, -0.1) is 13.2 Å². The second kappa shape index (κ2) is 3.81. The van der Waals surface area contributed by atoms with E-state index in [0.717, 1.165) is 13.8 Å². The molecule has 0 amide bonds. The monoisotopic (exact) mass is 221 g/mol. The van der Waals surface area contributed by atoms with Gasteiger partial charge < -0.3 is 0 Å². The van der Waals surface area contributed by atoms with Crippen LogP contribution in [-0.2, 0) is 14.8 Å². The highest BCUT2D eigenvalue weighted by Crippen LogP contribution is 2.21. The zero-order valence-electron chi connectivity index (χ0n) is 7.00. The summed E-state index contributed by atoms with van der Waals surface area (Å²) >= 11 is 0. The van der Waals surface area contributed by atoms with Gasteiger partial charge in [-0.2, -0.15) is 0 Å². The number of halogens is 3. The van der Waals surface area contributed by atoms with Crippen molar-refractivity contribution in [3.8, 4) is 0 Å². The largest absolute Gasteiger partial charge is 0.522 e. The summed E-state index contributed by atoms with van der Waals surface area (Å²) in [6.45, 7) is 2.04. The molecule has 0 saturated carbocycles. The maximum Gasteiger partial charge on any atom is 0.522 e. The third kappa shape index (κ3) is 5.06. The van der Waals surface area contributed by atoms with Crippen LogP contribution in [-0.4, -0.2) is 26.1 Å². The Kier molecular flexibility index (Phi) is 3.71. The first-order chi connectivity index (χ1) is 5.54. The number of hydrogen-bond acceptors (Lipinski definition) is 3. The predicted molar refractivity (Wildman–Crippen MR) is 39.2 cm³/mol. The molecular formula is C5H10F3NO3S.